The number of carbonyl (C=O) groups is 1. The second kappa shape index (κ2) is 7.85. The monoisotopic (exact) mass is 270 g/mol. The molecule has 0 aliphatic carbocycles. The van der Waals surface area contributed by atoms with Crippen LogP contribution in [0.15, 0.2) is 0 Å². The highest BCUT2D eigenvalue weighted by Crippen LogP contribution is 2.18. The molecule has 0 aromatic rings. The van der Waals surface area contributed by atoms with Crippen LogP contribution in [0.2, 0.25) is 0 Å². The van der Waals surface area contributed by atoms with Crippen molar-refractivity contribution in [1.29, 1.82) is 0 Å². The molecular formula is C15H30N2O2. The molecule has 2 unspecified atom stereocenters. The van der Waals surface area contributed by atoms with Crippen LogP contribution in [0, 0.1) is 11.8 Å². The number of piperidine rings is 1. The van der Waals surface area contributed by atoms with Gasteiger partial charge in [0.05, 0.1) is 6.10 Å². The van der Waals surface area contributed by atoms with Gasteiger partial charge in [0.15, 0.2) is 0 Å². The van der Waals surface area contributed by atoms with Crippen molar-refractivity contribution in [3.05, 3.63) is 0 Å². The van der Waals surface area contributed by atoms with Crippen LogP contribution in [0.25, 0.3) is 0 Å². The van der Waals surface area contributed by atoms with Gasteiger partial charge in [-0.1, -0.05) is 20.8 Å². The van der Waals surface area contributed by atoms with Gasteiger partial charge in [-0.25, -0.2) is 0 Å². The number of hydrogen-bond donors (Lipinski definition) is 2. The molecule has 2 atom stereocenters. The second-order valence-corrected chi connectivity index (χ2v) is 6.18. The normalized spacial score (nSPS) is 21.4. The van der Waals surface area contributed by atoms with Crippen molar-refractivity contribution in [2.45, 2.75) is 59.1 Å². The number of nitrogens with zero attached hydrogens (tertiary/aromatic N) is 1. The third-order valence-corrected chi connectivity index (χ3v) is 4.27. The van der Waals surface area contributed by atoms with Crippen molar-refractivity contribution in [2.24, 2.45) is 11.8 Å². The molecule has 0 spiro atoms. The molecule has 1 fully saturated rings. The zero-order valence-electron chi connectivity index (χ0n) is 12.9. The minimum absolute atomic E-state index is 0.149. The summed E-state index contributed by atoms with van der Waals surface area (Å²) >= 11 is 0. The summed E-state index contributed by atoms with van der Waals surface area (Å²) in [7, 11) is 0. The number of aliphatic hydroxyl groups excluding tert-OH is 1. The first-order chi connectivity index (χ1) is 8.93. The lowest BCUT2D eigenvalue weighted by Crippen LogP contribution is -2.45. The Labute approximate surface area is 117 Å². The maximum atomic E-state index is 12.1. The van der Waals surface area contributed by atoms with Crippen molar-refractivity contribution in [2.75, 3.05) is 19.6 Å². The van der Waals surface area contributed by atoms with E-state index in [1.807, 2.05) is 6.92 Å². The number of hydrogen-bond acceptors (Lipinski definition) is 3. The number of nitrogens with one attached hydrogen (secondary N) is 1. The predicted octanol–water partition coefficient (Wildman–Crippen LogP) is 1.63. The molecule has 1 rings (SSSR count). The molecule has 1 aliphatic heterocycles. The van der Waals surface area contributed by atoms with Crippen LogP contribution in [0.1, 0.15) is 47.0 Å². The van der Waals surface area contributed by atoms with Gasteiger partial charge in [0.2, 0.25) is 5.91 Å². The topological polar surface area (TPSA) is 52.6 Å². The summed E-state index contributed by atoms with van der Waals surface area (Å²) in [6.45, 7) is 10.9. The van der Waals surface area contributed by atoms with Gasteiger partial charge in [-0.15, -0.1) is 0 Å². The van der Waals surface area contributed by atoms with Gasteiger partial charge in [0.25, 0.3) is 0 Å². The minimum atomic E-state index is -0.230. The highest BCUT2D eigenvalue weighted by atomic mass is 16.3. The SMILES string of the molecule is CCC(O)CN1CCC(C(=O)NC(C)C(C)C)CC1. The first kappa shape index (κ1) is 16.4. The molecule has 0 bridgehead atoms. The van der Waals surface area contributed by atoms with Crippen LogP contribution in [-0.4, -0.2) is 47.7 Å². The molecule has 0 aromatic carbocycles. The summed E-state index contributed by atoms with van der Waals surface area (Å²) in [4.78, 5) is 14.4. The Morgan fingerprint density at radius 1 is 1.32 bits per heavy atom. The number of rotatable bonds is 6. The van der Waals surface area contributed by atoms with Gasteiger partial charge in [-0.3, -0.25) is 4.79 Å². The van der Waals surface area contributed by atoms with Crippen molar-refractivity contribution in [1.82, 2.24) is 10.2 Å². The van der Waals surface area contributed by atoms with Crippen LogP contribution < -0.4 is 5.32 Å². The maximum absolute atomic E-state index is 12.1. The zero-order valence-corrected chi connectivity index (χ0v) is 12.9. The van der Waals surface area contributed by atoms with E-state index >= 15 is 0 Å². The second-order valence-electron chi connectivity index (χ2n) is 6.18. The molecule has 0 aromatic heterocycles. The van der Waals surface area contributed by atoms with Gasteiger partial charge < -0.3 is 15.3 Å². The quantitative estimate of drug-likeness (QED) is 0.771. The van der Waals surface area contributed by atoms with Gasteiger partial charge in [0, 0.05) is 18.5 Å². The van der Waals surface area contributed by atoms with E-state index in [9.17, 15) is 9.90 Å². The smallest absolute Gasteiger partial charge is 0.223 e. The van der Waals surface area contributed by atoms with Crippen molar-refractivity contribution in [3.63, 3.8) is 0 Å². The lowest BCUT2D eigenvalue weighted by Gasteiger charge is -2.33. The third kappa shape index (κ3) is 5.49. The van der Waals surface area contributed by atoms with Crippen molar-refractivity contribution >= 4 is 5.91 Å². The summed E-state index contributed by atoms with van der Waals surface area (Å²) in [5.74, 6) is 0.830. The minimum Gasteiger partial charge on any atom is -0.392 e. The number of aliphatic hydroxyl groups is 1. The van der Waals surface area contributed by atoms with Gasteiger partial charge in [-0.05, 0) is 45.2 Å². The average Bonchev–Trinajstić information content (AvgIpc) is 2.39. The Morgan fingerprint density at radius 2 is 1.89 bits per heavy atom. The average molecular weight is 270 g/mol. The van der Waals surface area contributed by atoms with Crippen LogP contribution in [-0.2, 0) is 4.79 Å². The standard InChI is InChI=1S/C15H30N2O2/c1-5-14(18)10-17-8-6-13(7-9-17)15(19)16-12(4)11(2)3/h11-14,18H,5-10H2,1-4H3,(H,16,19). The van der Waals surface area contributed by atoms with E-state index in [-0.39, 0.29) is 24.0 Å². The molecule has 1 aliphatic rings. The Balaban J connectivity index is 2.31. The number of β-amino-alcohol motifs (C(OH)–C–C–N with tert-alkyl or cyclic N) is 1. The van der Waals surface area contributed by atoms with Gasteiger partial charge >= 0.3 is 0 Å². The fourth-order valence-electron chi connectivity index (χ4n) is 2.31. The fourth-order valence-corrected chi connectivity index (χ4v) is 2.31. The molecule has 112 valence electrons. The van der Waals surface area contributed by atoms with Crippen LogP contribution in [0.4, 0.5) is 0 Å². The van der Waals surface area contributed by atoms with E-state index in [1.165, 1.54) is 0 Å². The van der Waals surface area contributed by atoms with E-state index in [4.69, 9.17) is 0 Å². The molecule has 1 amide bonds. The lowest BCUT2D eigenvalue weighted by molar-refractivity contribution is -0.127. The Kier molecular flexibility index (Phi) is 6.80. The summed E-state index contributed by atoms with van der Waals surface area (Å²) < 4.78 is 0. The number of amides is 1. The third-order valence-electron chi connectivity index (χ3n) is 4.27. The van der Waals surface area contributed by atoms with E-state index in [1.54, 1.807) is 0 Å². The molecule has 19 heavy (non-hydrogen) atoms. The molecule has 0 radical (unpaired) electrons. The van der Waals surface area contributed by atoms with E-state index < -0.39 is 0 Å². The van der Waals surface area contributed by atoms with Crippen LogP contribution in [0.3, 0.4) is 0 Å². The Morgan fingerprint density at radius 3 is 2.37 bits per heavy atom. The van der Waals surface area contributed by atoms with Crippen molar-refractivity contribution < 1.29 is 9.90 Å². The molecule has 1 heterocycles. The summed E-state index contributed by atoms with van der Waals surface area (Å²) in [6.07, 6.45) is 2.39. The highest BCUT2D eigenvalue weighted by molar-refractivity contribution is 5.79. The molecule has 0 saturated carbocycles. The van der Waals surface area contributed by atoms with Gasteiger partial charge in [0.1, 0.15) is 0 Å². The maximum Gasteiger partial charge on any atom is 0.223 e. The van der Waals surface area contributed by atoms with Crippen LogP contribution >= 0.6 is 0 Å². The number of carbonyl (C=O) groups excluding carboxylic acids is 1. The summed E-state index contributed by atoms with van der Waals surface area (Å²) in [6, 6.07) is 0.243. The van der Waals surface area contributed by atoms with E-state index in [0.29, 0.717) is 5.92 Å². The fraction of sp³-hybridized carbons (Fsp3) is 0.933. The Bertz CT molecular complexity index is 273. The molecular weight excluding hydrogens is 240 g/mol. The largest absolute Gasteiger partial charge is 0.392 e. The summed E-state index contributed by atoms with van der Waals surface area (Å²) in [5.41, 5.74) is 0. The molecule has 4 nitrogen and oxygen atoms in total. The molecule has 2 N–H and O–H groups in total. The van der Waals surface area contributed by atoms with Crippen LogP contribution in [0.5, 0.6) is 0 Å². The summed E-state index contributed by atoms with van der Waals surface area (Å²) in [5, 5.41) is 12.8. The first-order valence-corrected chi connectivity index (χ1v) is 7.64. The van der Waals surface area contributed by atoms with Crippen molar-refractivity contribution in [3.8, 4) is 0 Å². The van der Waals surface area contributed by atoms with E-state index in [2.05, 4.69) is 31.0 Å². The lowest BCUT2D eigenvalue weighted by atomic mass is 9.94. The number of likely N-dealkylation sites (tertiary alicyclic amines) is 1. The predicted molar refractivity (Wildman–Crippen MR) is 77.9 cm³/mol. The highest BCUT2D eigenvalue weighted by Gasteiger charge is 2.26. The molecule has 4 heteroatoms. The molecule has 1 saturated heterocycles. The zero-order chi connectivity index (χ0) is 14.4. The van der Waals surface area contributed by atoms with Gasteiger partial charge in [-0.2, -0.15) is 0 Å². The first-order valence-electron chi connectivity index (χ1n) is 7.64. The Hall–Kier alpha value is -0.610. The van der Waals surface area contributed by atoms with E-state index in [0.717, 1.165) is 38.9 Å².